The number of carbonyl (C=O) groups excluding carboxylic acids is 1. The number of hydrogen-bond donors (Lipinski definition) is 0. The van der Waals surface area contributed by atoms with Gasteiger partial charge in [0.15, 0.2) is 5.78 Å². The van der Waals surface area contributed by atoms with E-state index < -0.39 is 0 Å². The Morgan fingerprint density at radius 1 is 1.19 bits per heavy atom. The van der Waals surface area contributed by atoms with Gasteiger partial charge in [0, 0.05) is 5.56 Å². The maximum Gasteiger partial charge on any atom is 1.00 e. The minimum absolute atomic E-state index is 0. The van der Waals surface area contributed by atoms with Crippen molar-refractivity contribution < 1.29 is 39.5 Å². The summed E-state index contributed by atoms with van der Waals surface area (Å²) in [6, 6.07) is 7.35. The van der Waals surface area contributed by atoms with Crippen LogP contribution >= 0.6 is 0 Å². The summed E-state index contributed by atoms with van der Waals surface area (Å²) in [5, 5.41) is 10.1. The van der Waals surface area contributed by atoms with Crippen LogP contribution in [-0.4, -0.2) is 5.78 Å². The molecule has 1 aromatic carbocycles. The molecule has 2 nitrogen and oxygen atoms in total. The van der Waals surface area contributed by atoms with E-state index in [1.807, 2.05) is 12.1 Å². The summed E-state index contributed by atoms with van der Waals surface area (Å²) >= 11 is 0. The largest absolute Gasteiger partial charge is 1.00 e. The summed E-state index contributed by atoms with van der Waals surface area (Å²) in [5.74, 6) is -0.245. The molecule has 1 rings (SSSR count). The van der Waals surface area contributed by atoms with E-state index >= 15 is 0 Å². The molecule has 80 valence electrons. The SMILES string of the molecule is CC(C)(C)c1ccc(C(=O)/C=C/[O-])cc1.[Na+]. The molecule has 0 N–H and O–H groups in total. The van der Waals surface area contributed by atoms with Gasteiger partial charge in [-0.2, -0.15) is 0 Å². The van der Waals surface area contributed by atoms with Gasteiger partial charge in [-0.15, -0.1) is 6.26 Å². The van der Waals surface area contributed by atoms with Crippen LogP contribution in [0.25, 0.3) is 0 Å². The summed E-state index contributed by atoms with van der Waals surface area (Å²) in [5.41, 5.74) is 1.80. The molecule has 0 amide bonds. The third-order valence-corrected chi connectivity index (χ3v) is 2.25. The average molecular weight is 226 g/mol. The van der Waals surface area contributed by atoms with Gasteiger partial charge in [-0.25, -0.2) is 0 Å². The summed E-state index contributed by atoms with van der Waals surface area (Å²) in [6.07, 6.45) is 1.55. The van der Waals surface area contributed by atoms with Crippen molar-refractivity contribution in [1.29, 1.82) is 0 Å². The molecule has 0 bridgehead atoms. The average Bonchev–Trinajstić information content (AvgIpc) is 2.17. The summed E-state index contributed by atoms with van der Waals surface area (Å²) in [4.78, 5) is 11.3. The Morgan fingerprint density at radius 2 is 1.69 bits per heavy atom. The number of rotatable bonds is 2. The van der Waals surface area contributed by atoms with Crippen LogP contribution in [-0.2, 0) is 5.41 Å². The number of carbonyl (C=O) groups is 1. The molecule has 0 unspecified atom stereocenters. The number of hydrogen-bond acceptors (Lipinski definition) is 2. The minimum atomic E-state index is -0.245. The van der Waals surface area contributed by atoms with Crippen molar-refractivity contribution in [2.45, 2.75) is 26.2 Å². The van der Waals surface area contributed by atoms with E-state index in [-0.39, 0.29) is 40.8 Å². The fourth-order valence-electron chi connectivity index (χ4n) is 1.29. The molecule has 0 atom stereocenters. The second-order valence-electron chi connectivity index (χ2n) is 4.49. The first-order chi connectivity index (χ1) is 6.95. The van der Waals surface area contributed by atoms with E-state index in [0.717, 1.165) is 6.08 Å². The van der Waals surface area contributed by atoms with Crippen molar-refractivity contribution in [2.75, 3.05) is 0 Å². The second kappa shape index (κ2) is 6.24. The Labute approximate surface area is 119 Å². The molecule has 0 aliphatic heterocycles. The van der Waals surface area contributed by atoms with Gasteiger partial charge >= 0.3 is 29.6 Å². The molecular weight excluding hydrogens is 211 g/mol. The maximum absolute atomic E-state index is 11.3. The number of ketones is 1. The van der Waals surface area contributed by atoms with Crippen LogP contribution in [0.4, 0.5) is 0 Å². The standard InChI is InChI=1S/C13H16O2.Na/c1-13(2,3)11-6-4-10(5-7-11)12(15)8-9-14;/h4-9,14H,1-3H3;/q;+1/p-1/b9-8+;. The van der Waals surface area contributed by atoms with Crippen molar-refractivity contribution in [1.82, 2.24) is 0 Å². The fraction of sp³-hybridized carbons (Fsp3) is 0.308. The zero-order valence-electron chi connectivity index (χ0n) is 10.3. The summed E-state index contributed by atoms with van der Waals surface area (Å²) in [6.45, 7) is 6.34. The topological polar surface area (TPSA) is 40.1 Å². The van der Waals surface area contributed by atoms with Gasteiger partial charge < -0.3 is 5.11 Å². The smallest absolute Gasteiger partial charge is 0.878 e. The molecule has 0 aromatic heterocycles. The van der Waals surface area contributed by atoms with Crippen LogP contribution in [0, 0.1) is 0 Å². The normalized spacial score (nSPS) is 11.2. The molecule has 0 heterocycles. The Kier molecular flexibility index (Phi) is 6.01. The van der Waals surface area contributed by atoms with Gasteiger partial charge in [-0.3, -0.25) is 4.79 Å². The second-order valence-corrected chi connectivity index (χ2v) is 4.49. The fourth-order valence-corrected chi connectivity index (χ4v) is 1.29. The van der Waals surface area contributed by atoms with Crippen molar-refractivity contribution >= 4 is 5.78 Å². The molecule has 3 heteroatoms. The van der Waals surface area contributed by atoms with Crippen molar-refractivity contribution in [2.24, 2.45) is 0 Å². The van der Waals surface area contributed by atoms with Gasteiger partial charge in [0.05, 0.1) is 0 Å². The van der Waals surface area contributed by atoms with Crippen LogP contribution in [0.1, 0.15) is 36.7 Å². The van der Waals surface area contributed by atoms with E-state index in [4.69, 9.17) is 0 Å². The van der Waals surface area contributed by atoms with E-state index in [9.17, 15) is 9.90 Å². The molecular formula is C13H15NaO2. The van der Waals surface area contributed by atoms with E-state index in [0.29, 0.717) is 11.8 Å². The van der Waals surface area contributed by atoms with Crippen molar-refractivity contribution in [3.05, 3.63) is 47.7 Å². The monoisotopic (exact) mass is 226 g/mol. The molecule has 0 aliphatic carbocycles. The predicted octanol–water partition coefficient (Wildman–Crippen LogP) is -0.955. The molecule has 0 saturated carbocycles. The van der Waals surface area contributed by atoms with Crippen molar-refractivity contribution in [3.8, 4) is 0 Å². The molecule has 1 aromatic rings. The molecule has 0 radical (unpaired) electrons. The van der Waals surface area contributed by atoms with Gasteiger partial charge in [-0.05, 0) is 17.1 Å². The van der Waals surface area contributed by atoms with Crippen LogP contribution in [0.5, 0.6) is 0 Å². The van der Waals surface area contributed by atoms with Gasteiger partial charge in [0.1, 0.15) is 0 Å². The first kappa shape index (κ1) is 15.4. The first-order valence-corrected chi connectivity index (χ1v) is 4.88. The van der Waals surface area contributed by atoms with Crippen LogP contribution in [0.2, 0.25) is 0 Å². The van der Waals surface area contributed by atoms with Gasteiger partial charge in [-0.1, -0.05) is 45.0 Å². The van der Waals surface area contributed by atoms with E-state index in [2.05, 4.69) is 20.8 Å². The van der Waals surface area contributed by atoms with Crippen LogP contribution < -0.4 is 34.7 Å². The first-order valence-electron chi connectivity index (χ1n) is 4.88. The molecule has 16 heavy (non-hydrogen) atoms. The van der Waals surface area contributed by atoms with Crippen LogP contribution in [0.15, 0.2) is 36.6 Å². The number of allylic oxidation sites excluding steroid dienone is 1. The Hall–Kier alpha value is -0.570. The Morgan fingerprint density at radius 3 is 2.06 bits per heavy atom. The third-order valence-electron chi connectivity index (χ3n) is 2.25. The zero-order valence-corrected chi connectivity index (χ0v) is 12.3. The predicted molar refractivity (Wildman–Crippen MR) is 58.6 cm³/mol. The van der Waals surface area contributed by atoms with E-state index in [1.165, 1.54) is 5.56 Å². The molecule has 0 spiro atoms. The quantitative estimate of drug-likeness (QED) is 0.282. The van der Waals surface area contributed by atoms with E-state index in [1.54, 1.807) is 12.1 Å². The maximum atomic E-state index is 11.3. The minimum Gasteiger partial charge on any atom is -0.878 e. The van der Waals surface area contributed by atoms with Gasteiger partial charge in [0.25, 0.3) is 0 Å². The summed E-state index contributed by atoms with van der Waals surface area (Å²) in [7, 11) is 0. The van der Waals surface area contributed by atoms with Crippen molar-refractivity contribution in [3.63, 3.8) is 0 Å². The summed E-state index contributed by atoms with van der Waals surface area (Å²) < 4.78 is 0. The molecule has 0 aliphatic rings. The molecule has 0 saturated heterocycles. The third kappa shape index (κ3) is 4.12. The van der Waals surface area contributed by atoms with Crippen LogP contribution in [0.3, 0.4) is 0 Å². The number of benzene rings is 1. The molecule has 0 fully saturated rings. The Bertz CT molecular complexity index is 372. The Balaban J connectivity index is 0.00000225. The zero-order chi connectivity index (χ0) is 11.5. The van der Waals surface area contributed by atoms with Gasteiger partial charge in [0.2, 0.25) is 0 Å².